The van der Waals surface area contributed by atoms with Gasteiger partial charge in [-0.2, -0.15) is 0 Å². The maximum absolute atomic E-state index is 12.3. The number of hydrogen-bond donors (Lipinski definition) is 2. The standard InChI is InChI=1S/C17H20N2O4S2/c1-9-13-12(10(2)20)16(21)19(13)14(17(22)23)15(9)25-8-24-7-11-4-3-5-18-6-11/h3-6,9-10,12-13,20H,7-8H2,1-2H3,(H,22,23)/t9-,10-,12-,13-/m1/s1. The van der Waals surface area contributed by atoms with Crippen molar-refractivity contribution in [1.29, 1.82) is 0 Å². The molecule has 2 N–H and O–H groups in total. The van der Waals surface area contributed by atoms with Crippen LogP contribution in [0.15, 0.2) is 35.1 Å². The highest BCUT2D eigenvalue weighted by molar-refractivity contribution is 8.17. The van der Waals surface area contributed by atoms with E-state index in [1.807, 2.05) is 25.3 Å². The molecule has 2 aliphatic heterocycles. The minimum absolute atomic E-state index is 0.0765. The molecule has 1 amide bonds. The molecule has 4 atom stereocenters. The maximum atomic E-state index is 12.3. The molecule has 0 radical (unpaired) electrons. The van der Waals surface area contributed by atoms with Gasteiger partial charge in [-0.05, 0) is 18.6 Å². The van der Waals surface area contributed by atoms with Crippen LogP contribution in [0, 0.1) is 11.8 Å². The van der Waals surface area contributed by atoms with Gasteiger partial charge in [0.25, 0.3) is 0 Å². The smallest absolute Gasteiger partial charge is 0.353 e. The van der Waals surface area contributed by atoms with Crippen molar-refractivity contribution in [2.75, 3.05) is 5.08 Å². The summed E-state index contributed by atoms with van der Waals surface area (Å²) in [7, 11) is 0. The number of amides is 1. The van der Waals surface area contributed by atoms with Crippen LogP contribution in [0.4, 0.5) is 0 Å². The topological polar surface area (TPSA) is 90.7 Å². The number of β-lactam (4-membered cyclic amide) rings is 1. The molecule has 1 saturated heterocycles. The van der Waals surface area contributed by atoms with E-state index in [0.717, 1.165) is 16.2 Å². The summed E-state index contributed by atoms with van der Waals surface area (Å²) in [6.45, 7) is 3.52. The molecule has 6 nitrogen and oxygen atoms in total. The lowest BCUT2D eigenvalue weighted by molar-refractivity contribution is -0.163. The summed E-state index contributed by atoms with van der Waals surface area (Å²) in [6, 6.07) is 3.65. The van der Waals surface area contributed by atoms with Crippen LogP contribution in [0.2, 0.25) is 0 Å². The number of aliphatic carboxylic acids is 1. The highest BCUT2D eigenvalue weighted by Crippen LogP contribution is 2.50. The van der Waals surface area contributed by atoms with Crippen LogP contribution in [0.5, 0.6) is 0 Å². The predicted octanol–water partition coefficient (Wildman–Crippen LogP) is 2.16. The van der Waals surface area contributed by atoms with E-state index in [1.165, 1.54) is 16.7 Å². The molecule has 134 valence electrons. The van der Waals surface area contributed by atoms with Gasteiger partial charge in [0.05, 0.1) is 18.1 Å². The molecule has 3 heterocycles. The second kappa shape index (κ2) is 7.39. The number of carboxylic acids is 1. The Hall–Kier alpha value is -1.51. The lowest BCUT2D eigenvalue weighted by Crippen LogP contribution is -2.63. The third-order valence-electron chi connectivity index (χ3n) is 4.60. The Balaban J connectivity index is 1.67. The molecular weight excluding hydrogens is 360 g/mol. The molecule has 1 aromatic rings. The Bertz CT molecular complexity index is 708. The molecule has 0 saturated carbocycles. The van der Waals surface area contributed by atoms with Crippen LogP contribution < -0.4 is 0 Å². The van der Waals surface area contributed by atoms with Crippen molar-refractivity contribution in [2.24, 2.45) is 11.8 Å². The minimum atomic E-state index is -1.08. The van der Waals surface area contributed by atoms with Gasteiger partial charge in [-0.25, -0.2) is 4.79 Å². The Labute approximate surface area is 154 Å². The molecule has 2 aliphatic rings. The van der Waals surface area contributed by atoms with Gasteiger partial charge in [-0.3, -0.25) is 9.78 Å². The van der Waals surface area contributed by atoms with Crippen molar-refractivity contribution >= 4 is 35.4 Å². The van der Waals surface area contributed by atoms with Crippen LogP contribution in [-0.2, 0) is 15.3 Å². The Morgan fingerprint density at radius 1 is 1.48 bits per heavy atom. The zero-order chi connectivity index (χ0) is 18.1. The monoisotopic (exact) mass is 380 g/mol. The molecule has 0 aromatic carbocycles. The first-order chi connectivity index (χ1) is 11.9. The summed E-state index contributed by atoms with van der Waals surface area (Å²) in [5.41, 5.74) is 1.21. The lowest BCUT2D eigenvalue weighted by Gasteiger charge is -2.46. The fraction of sp³-hybridized carbons (Fsp3) is 0.471. The van der Waals surface area contributed by atoms with Crippen LogP contribution >= 0.6 is 23.5 Å². The van der Waals surface area contributed by atoms with E-state index in [9.17, 15) is 19.8 Å². The number of hydrogen-bond acceptors (Lipinski definition) is 6. The second-order valence-corrected chi connectivity index (χ2v) is 8.61. The zero-order valence-electron chi connectivity index (χ0n) is 14.0. The van der Waals surface area contributed by atoms with Gasteiger partial charge in [-0.15, -0.1) is 23.5 Å². The summed E-state index contributed by atoms with van der Waals surface area (Å²) in [5.74, 6) is -1.15. The van der Waals surface area contributed by atoms with Gasteiger partial charge in [0, 0.05) is 34.1 Å². The molecule has 3 rings (SSSR count). The zero-order valence-corrected chi connectivity index (χ0v) is 15.6. The third kappa shape index (κ3) is 3.30. The molecule has 0 unspecified atom stereocenters. The number of thioether (sulfide) groups is 2. The normalized spacial score (nSPS) is 26.4. The van der Waals surface area contributed by atoms with E-state index in [4.69, 9.17) is 0 Å². The first-order valence-corrected chi connectivity index (χ1v) is 10.2. The molecule has 1 fully saturated rings. The van der Waals surface area contributed by atoms with Gasteiger partial charge in [0.15, 0.2) is 0 Å². The van der Waals surface area contributed by atoms with Crippen molar-refractivity contribution in [3.63, 3.8) is 0 Å². The quantitative estimate of drug-likeness (QED) is 0.425. The fourth-order valence-electron chi connectivity index (χ4n) is 3.46. The number of rotatable bonds is 7. The highest BCUT2D eigenvalue weighted by atomic mass is 32.2. The summed E-state index contributed by atoms with van der Waals surface area (Å²) in [6.07, 6.45) is 2.78. The van der Waals surface area contributed by atoms with E-state index in [2.05, 4.69) is 4.98 Å². The molecule has 25 heavy (non-hydrogen) atoms. The molecule has 0 bridgehead atoms. The number of nitrogens with zero attached hydrogens (tertiary/aromatic N) is 2. The number of carboxylic acid groups (broad SMARTS) is 1. The molecule has 1 aromatic heterocycles. The van der Waals surface area contributed by atoms with Crippen LogP contribution in [-0.4, -0.2) is 49.2 Å². The Morgan fingerprint density at radius 3 is 2.84 bits per heavy atom. The number of pyridine rings is 1. The molecule has 8 heteroatoms. The van der Waals surface area contributed by atoms with E-state index < -0.39 is 18.0 Å². The van der Waals surface area contributed by atoms with Crippen LogP contribution in [0.1, 0.15) is 19.4 Å². The SMILES string of the molecule is C[C@@H](O)[C@H]1C(=O)N2C(C(=O)O)=C(SCSCc3cccnc3)[C@H](C)[C@H]12. The predicted molar refractivity (Wildman–Crippen MR) is 97.6 cm³/mol. The Morgan fingerprint density at radius 2 is 2.24 bits per heavy atom. The van der Waals surface area contributed by atoms with E-state index >= 15 is 0 Å². The van der Waals surface area contributed by atoms with Crippen molar-refractivity contribution < 1.29 is 19.8 Å². The molecule has 0 spiro atoms. The summed E-state index contributed by atoms with van der Waals surface area (Å²) < 4.78 is 0. The third-order valence-corrected chi connectivity index (χ3v) is 7.15. The van der Waals surface area contributed by atoms with E-state index in [-0.39, 0.29) is 23.6 Å². The van der Waals surface area contributed by atoms with Crippen LogP contribution in [0.25, 0.3) is 0 Å². The van der Waals surface area contributed by atoms with Gasteiger partial charge in [0.2, 0.25) is 5.91 Å². The summed E-state index contributed by atoms with van der Waals surface area (Å²) in [5, 5.41) is 20.1. The number of carbonyl (C=O) groups excluding carboxylic acids is 1. The number of aromatic nitrogens is 1. The summed E-state index contributed by atoms with van der Waals surface area (Å²) in [4.78, 5) is 30.1. The number of fused-ring (bicyclic) bond motifs is 1. The van der Waals surface area contributed by atoms with Crippen LogP contribution in [0.3, 0.4) is 0 Å². The van der Waals surface area contributed by atoms with Crippen molar-refractivity contribution in [2.45, 2.75) is 31.7 Å². The minimum Gasteiger partial charge on any atom is -0.477 e. The average molecular weight is 380 g/mol. The number of carbonyl (C=O) groups is 2. The van der Waals surface area contributed by atoms with E-state index in [1.54, 1.807) is 24.9 Å². The maximum Gasteiger partial charge on any atom is 0.353 e. The van der Waals surface area contributed by atoms with Crippen molar-refractivity contribution in [3.8, 4) is 0 Å². The Kier molecular flexibility index (Phi) is 5.41. The van der Waals surface area contributed by atoms with Crippen molar-refractivity contribution in [3.05, 3.63) is 40.7 Å². The van der Waals surface area contributed by atoms with E-state index in [0.29, 0.717) is 5.08 Å². The first kappa shape index (κ1) is 18.3. The number of aliphatic hydroxyl groups excluding tert-OH is 1. The molecular formula is C17H20N2O4S2. The lowest BCUT2D eigenvalue weighted by atomic mass is 9.79. The first-order valence-electron chi connectivity index (χ1n) is 8.01. The largest absolute Gasteiger partial charge is 0.477 e. The van der Waals surface area contributed by atoms with Gasteiger partial charge in [-0.1, -0.05) is 13.0 Å². The van der Waals surface area contributed by atoms with Gasteiger partial charge >= 0.3 is 5.97 Å². The molecule has 0 aliphatic carbocycles. The average Bonchev–Trinajstić information content (AvgIpc) is 2.81. The van der Waals surface area contributed by atoms with Gasteiger partial charge in [0.1, 0.15) is 5.70 Å². The fourth-order valence-corrected chi connectivity index (χ4v) is 5.77. The van der Waals surface area contributed by atoms with Gasteiger partial charge < -0.3 is 15.1 Å². The summed E-state index contributed by atoms with van der Waals surface area (Å²) >= 11 is 3.16. The van der Waals surface area contributed by atoms with Crippen molar-refractivity contribution in [1.82, 2.24) is 9.88 Å². The highest BCUT2D eigenvalue weighted by Gasteiger charge is 2.59. The number of aliphatic hydroxyl groups is 1. The second-order valence-electron chi connectivity index (χ2n) is 6.24.